The van der Waals surface area contributed by atoms with Crippen LogP contribution in [0.25, 0.3) is 28.2 Å². The van der Waals surface area contributed by atoms with E-state index in [9.17, 15) is 14.0 Å². The Morgan fingerprint density at radius 1 is 1.06 bits per heavy atom. The first-order chi connectivity index (χ1) is 14.8. The first kappa shape index (κ1) is 20.1. The normalized spacial score (nSPS) is 11.0. The summed E-state index contributed by atoms with van der Waals surface area (Å²) in [5.74, 6) is -0.191. The lowest BCUT2D eigenvalue weighted by Gasteiger charge is -2.11. The second-order valence-electron chi connectivity index (χ2n) is 6.65. The minimum atomic E-state index is -0.826. The molecule has 10 heteroatoms. The van der Waals surface area contributed by atoms with Gasteiger partial charge >= 0.3 is 5.69 Å². The van der Waals surface area contributed by atoms with Gasteiger partial charge in [-0.3, -0.25) is 9.36 Å². The first-order valence-electron chi connectivity index (χ1n) is 9.13. The standard InChI is InChI=1S/C21H18FN5O4/c1-26-17-16(18(23)28)24-19(14-9-8-13(30-2)10-15(14)31-3)25-20(17)27(21(26)29)12-6-4-11(22)5-7-12/h4-10H,1-3H3,(H2,23,28). The number of carbonyl (C=O) groups excluding carboxylic acids is 1. The number of primary amides is 1. The van der Waals surface area contributed by atoms with Gasteiger partial charge in [-0.05, 0) is 36.4 Å². The molecular weight excluding hydrogens is 405 g/mol. The summed E-state index contributed by atoms with van der Waals surface area (Å²) in [7, 11) is 4.48. The number of halogens is 1. The number of aromatic nitrogens is 4. The molecule has 4 rings (SSSR count). The van der Waals surface area contributed by atoms with Crippen molar-refractivity contribution < 1.29 is 18.7 Å². The van der Waals surface area contributed by atoms with Crippen LogP contribution in [0.4, 0.5) is 4.39 Å². The molecule has 4 aromatic rings. The SMILES string of the molecule is COc1ccc(-c2nc(C(N)=O)c3c(n2)n(-c2ccc(F)cc2)c(=O)n3C)c(OC)c1. The summed E-state index contributed by atoms with van der Waals surface area (Å²) in [6, 6.07) is 10.3. The Morgan fingerprint density at radius 2 is 1.77 bits per heavy atom. The number of methoxy groups -OCH3 is 2. The predicted molar refractivity (Wildman–Crippen MR) is 111 cm³/mol. The summed E-state index contributed by atoms with van der Waals surface area (Å²) in [6.07, 6.45) is 0. The number of amides is 1. The second-order valence-corrected chi connectivity index (χ2v) is 6.65. The Labute approximate surface area is 175 Å². The van der Waals surface area contributed by atoms with Crippen LogP contribution in [0.15, 0.2) is 47.3 Å². The van der Waals surface area contributed by atoms with E-state index in [0.717, 1.165) is 0 Å². The highest BCUT2D eigenvalue weighted by Gasteiger charge is 2.24. The van der Waals surface area contributed by atoms with Gasteiger partial charge in [0.1, 0.15) is 22.8 Å². The van der Waals surface area contributed by atoms with Gasteiger partial charge in [-0.2, -0.15) is 0 Å². The van der Waals surface area contributed by atoms with E-state index in [1.165, 1.54) is 54.7 Å². The lowest BCUT2D eigenvalue weighted by atomic mass is 10.1. The molecule has 0 saturated carbocycles. The number of nitrogens with two attached hydrogens (primary N) is 1. The van der Waals surface area contributed by atoms with Crippen LogP contribution in [0, 0.1) is 5.82 Å². The number of aryl methyl sites for hydroxylation is 1. The summed E-state index contributed by atoms with van der Waals surface area (Å²) >= 11 is 0. The van der Waals surface area contributed by atoms with Crippen molar-refractivity contribution in [2.24, 2.45) is 12.8 Å². The molecule has 9 nitrogen and oxygen atoms in total. The fraction of sp³-hybridized carbons (Fsp3) is 0.143. The molecule has 2 aromatic carbocycles. The van der Waals surface area contributed by atoms with Crippen LogP contribution in [0.5, 0.6) is 11.5 Å². The average molecular weight is 423 g/mol. The number of carbonyl (C=O) groups is 1. The van der Waals surface area contributed by atoms with Gasteiger partial charge in [-0.15, -0.1) is 0 Å². The van der Waals surface area contributed by atoms with Gasteiger partial charge in [0.05, 0.1) is 25.5 Å². The third-order valence-corrected chi connectivity index (χ3v) is 4.86. The topological polar surface area (TPSA) is 114 Å². The lowest BCUT2D eigenvalue weighted by Crippen LogP contribution is -2.21. The minimum Gasteiger partial charge on any atom is -0.497 e. The molecule has 0 saturated heterocycles. The van der Waals surface area contributed by atoms with E-state index in [1.807, 2.05) is 0 Å². The highest BCUT2D eigenvalue weighted by Crippen LogP contribution is 2.32. The molecule has 0 bridgehead atoms. The zero-order chi connectivity index (χ0) is 22.3. The molecule has 0 spiro atoms. The molecule has 0 radical (unpaired) electrons. The molecule has 2 N–H and O–H groups in total. The van der Waals surface area contributed by atoms with E-state index in [-0.39, 0.29) is 22.7 Å². The molecule has 0 aliphatic rings. The number of benzene rings is 2. The van der Waals surface area contributed by atoms with Crippen LogP contribution in [0.1, 0.15) is 10.5 Å². The summed E-state index contributed by atoms with van der Waals surface area (Å²) in [5.41, 5.74) is 6.11. The molecule has 1 amide bonds. The highest BCUT2D eigenvalue weighted by molar-refractivity contribution is 6.02. The molecule has 31 heavy (non-hydrogen) atoms. The van der Waals surface area contributed by atoms with Crippen LogP contribution in [-0.4, -0.2) is 39.2 Å². The summed E-state index contributed by atoms with van der Waals surface area (Å²) < 4.78 is 26.5. The van der Waals surface area contributed by atoms with Gasteiger partial charge in [0.2, 0.25) is 0 Å². The van der Waals surface area contributed by atoms with Gasteiger partial charge in [0, 0.05) is 13.1 Å². The van der Waals surface area contributed by atoms with Crippen LogP contribution >= 0.6 is 0 Å². The van der Waals surface area contributed by atoms with Crippen molar-refractivity contribution in [2.45, 2.75) is 0 Å². The monoisotopic (exact) mass is 423 g/mol. The van der Waals surface area contributed by atoms with E-state index >= 15 is 0 Å². The molecule has 0 aliphatic carbocycles. The summed E-state index contributed by atoms with van der Waals surface area (Å²) in [5, 5.41) is 0. The van der Waals surface area contributed by atoms with Crippen LogP contribution < -0.4 is 20.9 Å². The smallest absolute Gasteiger partial charge is 0.334 e. The van der Waals surface area contributed by atoms with Crippen molar-refractivity contribution in [3.8, 4) is 28.6 Å². The van der Waals surface area contributed by atoms with Gasteiger partial charge in [-0.1, -0.05) is 0 Å². The van der Waals surface area contributed by atoms with Crippen molar-refractivity contribution in [1.29, 1.82) is 0 Å². The molecule has 2 aromatic heterocycles. The van der Waals surface area contributed by atoms with E-state index in [4.69, 9.17) is 15.2 Å². The Hall–Kier alpha value is -4.21. The lowest BCUT2D eigenvalue weighted by molar-refractivity contribution is 0.0997. The molecule has 0 fully saturated rings. The number of hydrogen-bond acceptors (Lipinski definition) is 6. The number of ether oxygens (including phenoxy) is 2. The number of hydrogen-bond donors (Lipinski definition) is 1. The Kier molecular flexibility index (Phi) is 4.90. The van der Waals surface area contributed by atoms with Gasteiger partial charge in [0.25, 0.3) is 5.91 Å². The highest BCUT2D eigenvalue weighted by atomic mass is 19.1. The van der Waals surface area contributed by atoms with E-state index < -0.39 is 17.4 Å². The average Bonchev–Trinajstić information content (AvgIpc) is 3.03. The molecular formula is C21H18FN5O4. The zero-order valence-electron chi connectivity index (χ0n) is 16.9. The van der Waals surface area contributed by atoms with Crippen LogP contribution in [0.3, 0.4) is 0 Å². The number of fused-ring (bicyclic) bond motifs is 1. The van der Waals surface area contributed by atoms with Gasteiger partial charge < -0.3 is 15.2 Å². The summed E-state index contributed by atoms with van der Waals surface area (Å²) in [4.78, 5) is 34.0. The van der Waals surface area contributed by atoms with Crippen LogP contribution in [-0.2, 0) is 7.05 Å². The maximum atomic E-state index is 13.4. The van der Waals surface area contributed by atoms with Crippen molar-refractivity contribution in [1.82, 2.24) is 19.1 Å². The van der Waals surface area contributed by atoms with Gasteiger partial charge in [0.15, 0.2) is 17.2 Å². The third-order valence-electron chi connectivity index (χ3n) is 4.86. The van der Waals surface area contributed by atoms with E-state index in [0.29, 0.717) is 22.7 Å². The van der Waals surface area contributed by atoms with Gasteiger partial charge in [-0.25, -0.2) is 23.7 Å². The van der Waals surface area contributed by atoms with Crippen molar-refractivity contribution in [3.63, 3.8) is 0 Å². The Morgan fingerprint density at radius 3 is 2.39 bits per heavy atom. The van der Waals surface area contributed by atoms with Crippen LogP contribution in [0.2, 0.25) is 0 Å². The number of nitrogens with zero attached hydrogens (tertiary/aromatic N) is 4. The molecule has 0 atom stereocenters. The second kappa shape index (κ2) is 7.56. The molecule has 158 valence electrons. The van der Waals surface area contributed by atoms with Crippen molar-refractivity contribution >= 4 is 17.1 Å². The Balaban J connectivity index is 2.09. The fourth-order valence-electron chi connectivity index (χ4n) is 3.34. The van der Waals surface area contributed by atoms with Crippen molar-refractivity contribution in [3.05, 3.63) is 64.5 Å². The third kappa shape index (κ3) is 3.27. The minimum absolute atomic E-state index is 0.127. The zero-order valence-corrected chi connectivity index (χ0v) is 16.9. The quantitative estimate of drug-likeness (QED) is 0.525. The maximum absolute atomic E-state index is 13.4. The first-order valence-corrected chi connectivity index (χ1v) is 9.13. The van der Waals surface area contributed by atoms with E-state index in [1.54, 1.807) is 18.2 Å². The molecule has 2 heterocycles. The number of imidazole rings is 1. The van der Waals surface area contributed by atoms with E-state index in [2.05, 4.69) is 9.97 Å². The maximum Gasteiger partial charge on any atom is 0.334 e. The Bertz CT molecular complexity index is 1380. The number of rotatable bonds is 5. The summed E-state index contributed by atoms with van der Waals surface area (Å²) in [6.45, 7) is 0. The fourth-order valence-corrected chi connectivity index (χ4v) is 3.34. The van der Waals surface area contributed by atoms with Crippen molar-refractivity contribution in [2.75, 3.05) is 14.2 Å². The molecule has 0 unspecified atom stereocenters. The predicted octanol–water partition coefficient (Wildman–Crippen LogP) is 2.04. The largest absolute Gasteiger partial charge is 0.497 e. The molecule has 0 aliphatic heterocycles.